The van der Waals surface area contributed by atoms with Crippen LogP contribution in [0.2, 0.25) is 0 Å². The van der Waals surface area contributed by atoms with Crippen LogP contribution in [0.3, 0.4) is 0 Å². The number of hydrogen-bond donors (Lipinski definition) is 1. The molecule has 1 atom stereocenters. The van der Waals surface area contributed by atoms with Crippen molar-refractivity contribution in [1.29, 1.82) is 0 Å². The molecule has 1 unspecified atom stereocenters. The van der Waals surface area contributed by atoms with Gasteiger partial charge in [0, 0.05) is 26.8 Å². The minimum Gasteiger partial charge on any atom is -0.490 e. The zero-order valence-corrected chi connectivity index (χ0v) is 11.1. The molecule has 0 aliphatic rings. The quantitative estimate of drug-likeness (QED) is 0.850. The Balaban J connectivity index is 2.96. The van der Waals surface area contributed by atoms with E-state index < -0.39 is 5.92 Å². The van der Waals surface area contributed by atoms with E-state index in [-0.39, 0.29) is 24.0 Å². The normalized spacial score (nSPS) is 13.2. The summed E-state index contributed by atoms with van der Waals surface area (Å²) in [5, 5.41) is 2.83. The van der Waals surface area contributed by atoms with E-state index in [1.54, 1.807) is 26.3 Å². The van der Waals surface area contributed by atoms with Gasteiger partial charge in [0.15, 0.2) is 0 Å². The van der Waals surface area contributed by atoms with Crippen molar-refractivity contribution >= 4 is 5.69 Å². The third kappa shape index (κ3) is 3.84. The summed E-state index contributed by atoms with van der Waals surface area (Å²) >= 11 is 0. The van der Waals surface area contributed by atoms with E-state index in [4.69, 9.17) is 9.47 Å². The van der Waals surface area contributed by atoms with Gasteiger partial charge in [0.25, 0.3) is 5.92 Å². The van der Waals surface area contributed by atoms with Crippen LogP contribution >= 0.6 is 0 Å². The Hall–Kier alpha value is -1.36. The smallest absolute Gasteiger partial charge is 0.274 e. The summed E-state index contributed by atoms with van der Waals surface area (Å²) in [5.74, 6) is -2.76. The molecular weight excluding hydrogens is 240 g/mol. The number of ether oxygens (including phenoxy) is 2. The van der Waals surface area contributed by atoms with E-state index in [0.717, 1.165) is 6.92 Å². The summed E-state index contributed by atoms with van der Waals surface area (Å²) in [7, 11) is 3.23. The van der Waals surface area contributed by atoms with Crippen LogP contribution < -0.4 is 10.1 Å². The van der Waals surface area contributed by atoms with Crippen LogP contribution in [0.1, 0.15) is 19.4 Å². The zero-order valence-electron chi connectivity index (χ0n) is 11.1. The van der Waals surface area contributed by atoms with Crippen molar-refractivity contribution in [2.45, 2.75) is 25.9 Å². The van der Waals surface area contributed by atoms with Gasteiger partial charge in [0.2, 0.25) is 0 Å². The Kier molecular flexibility index (Phi) is 4.90. The molecule has 0 aromatic heterocycles. The molecule has 0 radical (unpaired) electrons. The maximum absolute atomic E-state index is 13.5. The van der Waals surface area contributed by atoms with Crippen molar-refractivity contribution in [1.82, 2.24) is 0 Å². The highest BCUT2D eigenvalue weighted by Gasteiger charge is 2.29. The maximum atomic E-state index is 13.5. The monoisotopic (exact) mass is 259 g/mol. The molecule has 0 amide bonds. The second kappa shape index (κ2) is 6.00. The molecule has 0 saturated carbocycles. The highest BCUT2D eigenvalue weighted by Crippen LogP contribution is 2.36. The van der Waals surface area contributed by atoms with Gasteiger partial charge in [-0.25, -0.2) is 8.78 Å². The first-order valence-electron chi connectivity index (χ1n) is 5.74. The van der Waals surface area contributed by atoms with Crippen molar-refractivity contribution in [2.75, 3.05) is 26.1 Å². The summed E-state index contributed by atoms with van der Waals surface area (Å²) in [6.45, 7) is 2.90. The number of benzene rings is 1. The van der Waals surface area contributed by atoms with E-state index >= 15 is 0 Å². The van der Waals surface area contributed by atoms with Crippen molar-refractivity contribution < 1.29 is 18.3 Å². The molecule has 0 bridgehead atoms. The highest BCUT2D eigenvalue weighted by atomic mass is 19.3. The average molecular weight is 259 g/mol. The number of alkyl halides is 2. The Labute approximate surface area is 106 Å². The molecule has 0 aliphatic carbocycles. The van der Waals surface area contributed by atoms with Crippen LogP contribution in [-0.4, -0.2) is 26.9 Å². The van der Waals surface area contributed by atoms with E-state index in [2.05, 4.69) is 5.32 Å². The first-order valence-corrected chi connectivity index (χ1v) is 5.74. The Bertz CT molecular complexity index is 391. The molecule has 5 heteroatoms. The first-order chi connectivity index (χ1) is 8.38. The lowest BCUT2D eigenvalue weighted by molar-refractivity contribution is 0.0119. The standard InChI is InChI=1S/C13H19F2NO2/c1-9(17-4)8-18-12-6-5-10(16-3)7-11(12)13(2,14)15/h5-7,9,16H,8H2,1-4H3. The van der Waals surface area contributed by atoms with Crippen LogP contribution in [0.15, 0.2) is 18.2 Å². The van der Waals surface area contributed by atoms with Crippen molar-refractivity contribution in [3.05, 3.63) is 23.8 Å². The molecule has 1 rings (SSSR count). The van der Waals surface area contributed by atoms with Gasteiger partial charge in [-0.05, 0) is 25.1 Å². The number of halogens is 2. The van der Waals surface area contributed by atoms with Gasteiger partial charge in [-0.2, -0.15) is 0 Å². The molecule has 18 heavy (non-hydrogen) atoms. The van der Waals surface area contributed by atoms with Gasteiger partial charge < -0.3 is 14.8 Å². The van der Waals surface area contributed by atoms with E-state index in [9.17, 15) is 8.78 Å². The van der Waals surface area contributed by atoms with Gasteiger partial charge in [0.05, 0.1) is 11.7 Å². The fraction of sp³-hybridized carbons (Fsp3) is 0.538. The number of rotatable bonds is 6. The van der Waals surface area contributed by atoms with Gasteiger partial charge in [-0.1, -0.05) is 0 Å². The molecular formula is C13H19F2NO2. The Morgan fingerprint density at radius 1 is 1.39 bits per heavy atom. The zero-order chi connectivity index (χ0) is 13.8. The van der Waals surface area contributed by atoms with Crippen molar-refractivity contribution in [2.24, 2.45) is 0 Å². The van der Waals surface area contributed by atoms with Gasteiger partial charge >= 0.3 is 0 Å². The van der Waals surface area contributed by atoms with Crippen LogP contribution in [0.5, 0.6) is 5.75 Å². The van der Waals surface area contributed by atoms with Crippen molar-refractivity contribution in [3.63, 3.8) is 0 Å². The van der Waals surface area contributed by atoms with Crippen LogP contribution in [0.25, 0.3) is 0 Å². The fourth-order valence-corrected chi connectivity index (χ4v) is 1.43. The molecule has 1 aromatic rings. The summed E-state index contributed by atoms with van der Waals surface area (Å²) in [6.07, 6.45) is -0.146. The molecule has 0 spiro atoms. The minimum atomic E-state index is -2.95. The van der Waals surface area contributed by atoms with Crippen LogP contribution in [0.4, 0.5) is 14.5 Å². The fourth-order valence-electron chi connectivity index (χ4n) is 1.43. The minimum absolute atomic E-state index is 0.127. The third-order valence-corrected chi connectivity index (χ3v) is 2.62. The second-order valence-electron chi connectivity index (χ2n) is 4.21. The molecule has 102 valence electrons. The van der Waals surface area contributed by atoms with Gasteiger partial charge in [-0.15, -0.1) is 0 Å². The lowest BCUT2D eigenvalue weighted by Gasteiger charge is -2.19. The number of methoxy groups -OCH3 is 1. The lowest BCUT2D eigenvalue weighted by atomic mass is 10.1. The summed E-state index contributed by atoms with van der Waals surface area (Å²) in [4.78, 5) is 0. The highest BCUT2D eigenvalue weighted by molar-refractivity contribution is 5.52. The van der Waals surface area contributed by atoms with E-state index in [0.29, 0.717) is 5.69 Å². The predicted octanol–water partition coefficient (Wildman–Crippen LogP) is 3.25. The van der Waals surface area contributed by atoms with Gasteiger partial charge in [-0.3, -0.25) is 0 Å². The van der Waals surface area contributed by atoms with Gasteiger partial charge in [0.1, 0.15) is 12.4 Å². The average Bonchev–Trinajstić information content (AvgIpc) is 2.34. The Morgan fingerprint density at radius 3 is 2.56 bits per heavy atom. The molecule has 0 aliphatic heterocycles. The maximum Gasteiger partial charge on any atom is 0.274 e. The van der Waals surface area contributed by atoms with E-state index in [1.807, 2.05) is 6.92 Å². The Morgan fingerprint density at radius 2 is 2.06 bits per heavy atom. The summed E-state index contributed by atoms with van der Waals surface area (Å²) < 4.78 is 37.4. The lowest BCUT2D eigenvalue weighted by Crippen LogP contribution is -2.18. The van der Waals surface area contributed by atoms with Crippen molar-refractivity contribution in [3.8, 4) is 5.75 Å². The number of anilines is 1. The topological polar surface area (TPSA) is 30.5 Å². The summed E-state index contributed by atoms with van der Waals surface area (Å²) in [6, 6.07) is 4.63. The molecule has 1 N–H and O–H groups in total. The molecule has 1 aromatic carbocycles. The largest absolute Gasteiger partial charge is 0.490 e. The van der Waals surface area contributed by atoms with Crippen LogP contribution in [-0.2, 0) is 10.7 Å². The number of nitrogens with one attached hydrogen (secondary N) is 1. The molecule has 0 fully saturated rings. The third-order valence-electron chi connectivity index (χ3n) is 2.62. The number of hydrogen-bond acceptors (Lipinski definition) is 3. The molecule has 0 saturated heterocycles. The predicted molar refractivity (Wildman–Crippen MR) is 67.5 cm³/mol. The second-order valence-corrected chi connectivity index (χ2v) is 4.21. The summed E-state index contributed by atoms with van der Waals surface area (Å²) in [5.41, 5.74) is 0.497. The van der Waals surface area contributed by atoms with E-state index in [1.165, 1.54) is 6.07 Å². The first kappa shape index (κ1) is 14.7. The SMILES string of the molecule is CNc1ccc(OCC(C)OC)c(C(C)(F)F)c1. The van der Waals surface area contributed by atoms with Crippen LogP contribution in [0, 0.1) is 0 Å². The molecule has 3 nitrogen and oxygen atoms in total. The molecule has 0 heterocycles.